The van der Waals surface area contributed by atoms with E-state index in [2.05, 4.69) is 17.6 Å². The van der Waals surface area contributed by atoms with Crippen molar-refractivity contribution in [3.05, 3.63) is 0 Å². The SMILES string of the molecule is CCC(NC(=O)NC1CCC(C(=O)O)CC1)C1CCCC1. The molecule has 3 N–H and O–H groups in total. The van der Waals surface area contributed by atoms with E-state index in [-0.39, 0.29) is 24.0 Å². The van der Waals surface area contributed by atoms with E-state index in [0.29, 0.717) is 18.8 Å². The van der Waals surface area contributed by atoms with Gasteiger partial charge in [-0.25, -0.2) is 4.79 Å². The van der Waals surface area contributed by atoms with E-state index in [1.807, 2.05) is 0 Å². The zero-order valence-corrected chi connectivity index (χ0v) is 12.9. The molecule has 0 saturated heterocycles. The average molecular weight is 296 g/mol. The first-order valence-electron chi connectivity index (χ1n) is 8.40. The molecule has 21 heavy (non-hydrogen) atoms. The number of carbonyl (C=O) groups is 2. The van der Waals surface area contributed by atoms with E-state index in [1.165, 1.54) is 25.7 Å². The lowest BCUT2D eigenvalue weighted by Gasteiger charge is -2.29. The summed E-state index contributed by atoms with van der Waals surface area (Å²) in [6, 6.07) is 0.331. The summed E-state index contributed by atoms with van der Waals surface area (Å²) in [6.07, 6.45) is 8.86. The summed E-state index contributed by atoms with van der Waals surface area (Å²) in [7, 11) is 0. The molecule has 0 heterocycles. The first kappa shape index (κ1) is 16.1. The van der Waals surface area contributed by atoms with Gasteiger partial charge >= 0.3 is 12.0 Å². The Morgan fingerprint density at radius 1 is 1.10 bits per heavy atom. The Kier molecular flexibility index (Phi) is 5.88. The fourth-order valence-corrected chi connectivity index (χ4v) is 3.79. The molecule has 0 radical (unpaired) electrons. The van der Waals surface area contributed by atoms with Gasteiger partial charge in [0, 0.05) is 12.1 Å². The summed E-state index contributed by atoms with van der Waals surface area (Å²) in [5.74, 6) is -0.304. The second kappa shape index (κ2) is 7.66. The Bertz CT molecular complexity index is 359. The van der Waals surface area contributed by atoms with Gasteiger partial charge in [0.15, 0.2) is 0 Å². The summed E-state index contributed by atoms with van der Waals surface area (Å²) >= 11 is 0. The van der Waals surface area contributed by atoms with Crippen LogP contribution in [0.1, 0.15) is 64.7 Å². The molecule has 5 nitrogen and oxygen atoms in total. The number of carboxylic acid groups (broad SMARTS) is 1. The van der Waals surface area contributed by atoms with Crippen LogP contribution in [0.4, 0.5) is 4.79 Å². The van der Waals surface area contributed by atoms with Crippen molar-refractivity contribution in [2.24, 2.45) is 11.8 Å². The van der Waals surface area contributed by atoms with Crippen molar-refractivity contribution in [2.75, 3.05) is 0 Å². The van der Waals surface area contributed by atoms with Crippen molar-refractivity contribution in [1.82, 2.24) is 10.6 Å². The quantitative estimate of drug-likeness (QED) is 0.730. The third-order valence-corrected chi connectivity index (χ3v) is 5.14. The Morgan fingerprint density at radius 3 is 2.24 bits per heavy atom. The van der Waals surface area contributed by atoms with Gasteiger partial charge in [-0.2, -0.15) is 0 Å². The van der Waals surface area contributed by atoms with Crippen LogP contribution in [0.15, 0.2) is 0 Å². The minimum atomic E-state index is -0.704. The highest BCUT2D eigenvalue weighted by molar-refractivity contribution is 5.74. The molecular formula is C16H28N2O3. The second-order valence-corrected chi connectivity index (χ2v) is 6.56. The number of nitrogens with one attached hydrogen (secondary N) is 2. The maximum atomic E-state index is 12.1. The maximum Gasteiger partial charge on any atom is 0.315 e. The van der Waals surface area contributed by atoms with Crippen LogP contribution in [-0.4, -0.2) is 29.2 Å². The predicted octanol–water partition coefficient (Wildman–Crippen LogP) is 2.90. The van der Waals surface area contributed by atoms with Crippen LogP contribution in [0.3, 0.4) is 0 Å². The molecule has 120 valence electrons. The number of amides is 2. The molecule has 1 atom stereocenters. The third kappa shape index (κ3) is 4.61. The van der Waals surface area contributed by atoms with Crippen molar-refractivity contribution >= 4 is 12.0 Å². The first-order chi connectivity index (χ1) is 10.1. The van der Waals surface area contributed by atoms with E-state index in [1.54, 1.807) is 0 Å². The lowest BCUT2D eigenvalue weighted by Crippen LogP contribution is -2.49. The lowest BCUT2D eigenvalue weighted by atomic mass is 9.86. The lowest BCUT2D eigenvalue weighted by molar-refractivity contribution is -0.142. The monoisotopic (exact) mass is 296 g/mol. The van der Waals surface area contributed by atoms with Gasteiger partial charge in [-0.1, -0.05) is 19.8 Å². The van der Waals surface area contributed by atoms with Crippen molar-refractivity contribution in [3.8, 4) is 0 Å². The van der Waals surface area contributed by atoms with Gasteiger partial charge in [0.25, 0.3) is 0 Å². The van der Waals surface area contributed by atoms with Gasteiger partial charge in [-0.15, -0.1) is 0 Å². The molecule has 2 saturated carbocycles. The highest BCUT2D eigenvalue weighted by atomic mass is 16.4. The number of hydrogen-bond donors (Lipinski definition) is 3. The molecule has 0 spiro atoms. The standard InChI is InChI=1S/C16H28N2O3/c1-2-14(11-5-3-4-6-11)18-16(21)17-13-9-7-12(8-10-13)15(19)20/h11-14H,2-10H2,1H3,(H,19,20)(H2,17,18,21). The number of rotatable bonds is 5. The molecule has 0 bridgehead atoms. The summed E-state index contributed by atoms with van der Waals surface area (Å²) in [6.45, 7) is 2.13. The molecule has 2 rings (SSSR count). The highest BCUT2D eigenvalue weighted by Crippen LogP contribution is 2.29. The smallest absolute Gasteiger partial charge is 0.315 e. The van der Waals surface area contributed by atoms with Gasteiger partial charge in [-0.05, 0) is 50.9 Å². The van der Waals surface area contributed by atoms with Crippen LogP contribution in [-0.2, 0) is 4.79 Å². The van der Waals surface area contributed by atoms with E-state index in [9.17, 15) is 9.59 Å². The second-order valence-electron chi connectivity index (χ2n) is 6.56. The zero-order valence-electron chi connectivity index (χ0n) is 12.9. The van der Waals surface area contributed by atoms with Gasteiger partial charge < -0.3 is 15.7 Å². The molecular weight excluding hydrogens is 268 g/mol. The predicted molar refractivity (Wildman–Crippen MR) is 81.1 cm³/mol. The van der Waals surface area contributed by atoms with Gasteiger partial charge in [0.2, 0.25) is 0 Å². The number of carboxylic acids is 1. The fourth-order valence-electron chi connectivity index (χ4n) is 3.79. The summed E-state index contributed by atoms with van der Waals surface area (Å²) in [5.41, 5.74) is 0. The van der Waals surface area contributed by atoms with Gasteiger partial charge in [-0.3, -0.25) is 4.79 Å². The first-order valence-corrected chi connectivity index (χ1v) is 8.40. The third-order valence-electron chi connectivity index (χ3n) is 5.14. The Morgan fingerprint density at radius 2 is 1.71 bits per heavy atom. The molecule has 2 aliphatic carbocycles. The van der Waals surface area contributed by atoms with Crippen molar-refractivity contribution in [2.45, 2.75) is 76.8 Å². The minimum Gasteiger partial charge on any atom is -0.481 e. The Balaban J connectivity index is 1.72. The molecule has 2 aliphatic rings. The van der Waals surface area contributed by atoms with Crippen molar-refractivity contribution in [3.63, 3.8) is 0 Å². The molecule has 1 unspecified atom stereocenters. The van der Waals surface area contributed by atoms with Crippen LogP contribution in [0.5, 0.6) is 0 Å². The molecule has 0 aromatic carbocycles. The van der Waals surface area contributed by atoms with E-state index < -0.39 is 5.97 Å². The largest absolute Gasteiger partial charge is 0.481 e. The van der Waals surface area contributed by atoms with Crippen LogP contribution in [0.25, 0.3) is 0 Å². The van der Waals surface area contributed by atoms with Gasteiger partial charge in [0.05, 0.1) is 5.92 Å². The maximum absolute atomic E-state index is 12.1. The summed E-state index contributed by atoms with van der Waals surface area (Å²) in [4.78, 5) is 23.0. The van der Waals surface area contributed by atoms with E-state index in [4.69, 9.17) is 5.11 Å². The van der Waals surface area contributed by atoms with E-state index in [0.717, 1.165) is 19.3 Å². The van der Waals surface area contributed by atoms with Gasteiger partial charge in [0.1, 0.15) is 0 Å². The highest BCUT2D eigenvalue weighted by Gasteiger charge is 2.28. The average Bonchev–Trinajstić information content (AvgIpc) is 2.99. The van der Waals surface area contributed by atoms with Crippen LogP contribution in [0, 0.1) is 11.8 Å². The minimum absolute atomic E-state index is 0.0764. The number of hydrogen-bond acceptors (Lipinski definition) is 2. The Labute approximate surface area is 126 Å². The van der Waals surface area contributed by atoms with Crippen LogP contribution in [0.2, 0.25) is 0 Å². The molecule has 5 heteroatoms. The molecule has 0 aliphatic heterocycles. The molecule has 2 amide bonds. The number of urea groups is 1. The zero-order chi connectivity index (χ0) is 15.2. The van der Waals surface area contributed by atoms with E-state index >= 15 is 0 Å². The van der Waals surface area contributed by atoms with Crippen molar-refractivity contribution in [1.29, 1.82) is 0 Å². The fraction of sp³-hybridized carbons (Fsp3) is 0.875. The molecule has 0 aromatic heterocycles. The topological polar surface area (TPSA) is 78.4 Å². The molecule has 0 aromatic rings. The summed E-state index contributed by atoms with van der Waals surface area (Å²) < 4.78 is 0. The number of carbonyl (C=O) groups excluding carboxylic acids is 1. The van der Waals surface area contributed by atoms with Crippen LogP contribution >= 0.6 is 0 Å². The van der Waals surface area contributed by atoms with Crippen LogP contribution < -0.4 is 10.6 Å². The molecule has 2 fully saturated rings. The summed E-state index contributed by atoms with van der Waals surface area (Å²) in [5, 5.41) is 15.1. The number of aliphatic carboxylic acids is 1. The van der Waals surface area contributed by atoms with Crippen molar-refractivity contribution < 1.29 is 14.7 Å². The Hall–Kier alpha value is -1.26. The normalized spacial score (nSPS) is 28.0.